The van der Waals surface area contributed by atoms with Gasteiger partial charge in [0, 0.05) is 16.1 Å². The van der Waals surface area contributed by atoms with Gasteiger partial charge in [-0.25, -0.2) is 0 Å². The van der Waals surface area contributed by atoms with Gasteiger partial charge in [0.15, 0.2) is 0 Å². The molecule has 0 saturated carbocycles. The lowest BCUT2D eigenvalue weighted by molar-refractivity contribution is 0.140. The Morgan fingerprint density at radius 2 is 2.00 bits per heavy atom. The fourth-order valence-corrected chi connectivity index (χ4v) is 3.50. The van der Waals surface area contributed by atoms with Crippen molar-refractivity contribution in [1.82, 2.24) is 10.2 Å². The van der Waals surface area contributed by atoms with E-state index in [1.807, 2.05) is 12.1 Å². The number of piperidine rings is 1. The molecule has 1 aliphatic heterocycles. The van der Waals surface area contributed by atoms with Crippen LogP contribution in [0.2, 0.25) is 10.0 Å². The summed E-state index contributed by atoms with van der Waals surface area (Å²) in [5.74, 6) is 0.819. The van der Waals surface area contributed by atoms with Crippen molar-refractivity contribution in [1.29, 1.82) is 0 Å². The van der Waals surface area contributed by atoms with Crippen molar-refractivity contribution in [3.63, 3.8) is 0 Å². The minimum atomic E-state index is 0.361. The summed E-state index contributed by atoms with van der Waals surface area (Å²) in [4.78, 5) is 2.53. The van der Waals surface area contributed by atoms with E-state index in [0.717, 1.165) is 37.1 Å². The molecular formula is C16H24Cl2N2. The summed E-state index contributed by atoms with van der Waals surface area (Å²) in [5, 5.41) is 4.94. The predicted octanol–water partition coefficient (Wildman–Crippen LogP) is 4.38. The Bertz CT molecular complexity index is 428. The van der Waals surface area contributed by atoms with Crippen molar-refractivity contribution >= 4 is 23.2 Å². The van der Waals surface area contributed by atoms with Crippen molar-refractivity contribution in [2.75, 3.05) is 26.2 Å². The molecule has 1 heterocycles. The first-order valence-electron chi connectivity index (χ1n) is 7.51. The average molecular weight is 315 g/mol. The van der Waals surface area contributed by atoms with Gasteiger partial charge < -0.3 is 5.32 Å². The molecule has 1 unspecified atom stereocenters. The van der Waals surface area contributed by atoms with Gasteiger partial charge in [0.05, 0.1) is 0 Å². The molecule has 1 aromatic carbocycles. The zero-order valence-electron chi connectivity index (χ0n) is 12.3. The molecule has 0 spiro atoms. The highest BCUT2D eigenvalue weighted by molar-refractivity contribution is 6.35. The topological polar surface area (TPSA) is 15.3 Å². The van der Waals surface area contributed by atoms with E-state index in [0.29, 0.717) is 11.1 Å². The second-order valence-electron chi connectivity index (χ2n) is 5.63. The van der Waals surface area contributed by atoms with E-state index in [1.54, 1.807) is 0 Å². The highest BCUT2D eigenvalue weighted by Gasteiger charge is 2.24. The van der Waals surface area contributed by atoms with Gasteiger partial charge >= 0.3 is 0 Å². The average Bonchev–Trinajstić information content (AvgIpc) is 2.45. The minimum Gasteiger partial charge on any atom is -0.317 e. The van der Waals surface area contributed by atoms with E-state index in [2.05, 4.69) is 30.1 Å². The maximum absolute atomic E-state index is 6.32. The summed E-state index contributed by atoms with van der Waals surface area (Å²) in [5.41, 5.74) is 1.18. The molecule has 0 aromatic heterocycles. The third-order valence-electron chi connectivity index (χ3n) is 4.29. The van der Waals surface area contributed by atoms with E-state index in [1.165, 1.54) is 18.4 Å². The molecule has 1 saturated heterocycles. The SMILES string of the molecule is CCNCC1CCN(C(C)c2ccc(Cl)cc2Cl)CC1. The van der Waals surface area contributed by atoms with Crippen LogP contribution in [0.5, 0.6) is 0 Å². The Hall–Kier alpha value is -0.280. The van der Waals surface area contributed by atoms with E-state index in [4.69, 9.17) is 23.2 Å². The van der Waals surface area contributed by atoms with Crippen LogP contribution in [0.4, 0.5) is 0 Å². The molecule has 1 atom stereocenters. The predicted molar refractivity (Wildman–Crippen MR) is 87.7 cm³/mol. The summed E-state index contributed by atoms with van der Waals surface area (Å²) >= 11 is 12.3. The van der Waals surface area contributed by atoms with Gasteiger partial charge in [-0.05, 0) is 69.6 Å². The smallest absolute Gasteiger partial charge is 0.0468 e. The standard InChI is InChI=1S/C16H24Cl2N2/c1-3-19-11-13-6-8-20(9-7-13)12(2)15-5-4-14(17)10-16(15)18/h4-5,10,12-13,19H,3,6-9,11H2,1-2H3. The second-order valence-corrected chi connectivity index (χ2v) is 6.47. The maximum atomic E-state index is 6.32. The Morgan fingerprint density at radius 3 is 2.60 bits per heavy atom. The van der Waals surface area contributed by atoms with Crippen LogP contribution in [0.1, 0.15) is 38.3 Å². The van der Waals surface area contributed by atoms with E-state index < -0.39 is 0 Å². The van der Waals surface area contributed by atoms with Crippen molar-refractivity contribution in [3.05, 3.63) is 33.8 Å². The highest BCUT2D eigenvalue weighted by Crippen LogP contribution is 2.32. The van der Waals surface area contributed by atoms with Crippen LogP contribution in [0.15, 0.2) is 18.2 Å². The molecule has 4 heteroatoms. The molecule has 0 aliphatic carbocycles. The van der Waals surface area contributed by atoms with E-state index in [-0.39, 0.29) is 0 Å². The monoisotopic (exact) mass is 314 g/mol. The van der Waals surface area contributed by atoms with Crippen LogP contribution < -0.4 is 5.32 Å². The zero-order valence-corrected chi connectivity index (χ0v) is 13.8. The third-order valence-corrected chi connectivity index (χ3v) is 4.85. The van der Waals surface area contributed by atoms with Crippen LogP contribution in [0.3, 0.4) is 0 Å². The Labute approximate surface area is 132 Å². The maximum Gasteiger partial charge on any atom is 0.0468 e. The Balaban J connectivity index is 1.92. The fraction of sp³-hybridized carbons (Fsp3) is 0.625. The van der Waals surface area contributed by atoms with Crippen LogP contribution in [-0.4, -0.2) is 31.1 Å². The van der Waals surface area contributed by atoms with Crippen molar-refractivity contribution in [2.45, 2.75) is 32.7 Å². The number of nitrogens with zero attached hydrogens (tertiary/aromatic N) is 1. The van der Waals surface area contributed by atoms with Crippen molar-refractivity contribution in [3.8, 4) is 0 Å². The third kappa shape index (κ3) is 4.11. The fourth-order valence-electron chi connectivity index (χ4n) is 2.93. The normalized spacial score (nSPS) is 19.2. The number of hydrogen-bond donors (Lipinski definition) is 1. The number of halogens is 2. The van der Waals surface area contributed by atoms with Crippen LogP contribution in [-0.2, 0) is 0 Å². The van der Waals surface area contributed by atoms with Gasteiger partial charge in [-0.3, -0.25) is 4.90 Å². The van der Waals surface area contributed by atoms with Crippen molar-refractivity contribution < 1.29 is 0 Å². The molecule has 2 rings (SSSR count). The zero-order chi connectivity index (χ0) is 14.5. The summed E-state index contributed by atoms with van der Waals surface area (Å²) in [6.45, 7) is 8.92. The van der Waals surface area contributed by atoms with Crippen LogP contribution >= 0.6 is 23.2 Å². The number of benzene rings is 1. The Morgan fingerprint density at radius 1 is 1.30 bits per heavy atom. The summed E-state index contributed by atoms with van der Waals surface area (Å²) in [6.07, 6.45) is 2.53. The minimum absolute atomic E-state index is 0.361. The molecule has 112 valence electrons. The van der Waals surface area contributed by atoms with Crippen molar-refractivity contribution in [2.24, 2.45) is 5.92 Å². The van der Waals surface area contributed by atoms with E-state index in [9.17, 15) is 0 Å². The number of likely N-dealkylation sites (tertiary alicyclic amines) is 1. The quantitative estimate of drug-likeness (QED) is 0.867. The molecule has 1 aliphatic rings. The number of hydrogen-bond acceptors (Lipinski definition) is 2. The molecule has 1 fully saturated rings. The molecule has 0 amide bonds. The van der Waals surface area contributed by atoms with E-state index >= 15 is 0 Å². The summed E-state index contributed by atoms with van der Waals surface area (Å²) < 4.78 is 0. The lowest BCUT2D eigenvalue weighted by Gasteiger charge is -2.36. The molecule has 0 radical (unpaired) electrons. The molecule has 2 nitrogen and oxygen atoms in total. The van der Waals surface area contributed by atoms with Gasteiger partial charge in [-0.15, -0.1) is 0 Å². The molecular weight excluding hydrogens is 291 g/mol. The molecule has 0 bridgehead atoms. The second kappa shape index (κ2) is 7.65. The Kier molecular flexibility index (Phi) is 6.16. The van der Waals surface area contributed by atoms with Crippen LogP contribution in [0.25, 0.3) is 0 Å². The largest absolute Gasteiger partial charge is 0.317 e. The lowest BCUT2D eigenvalue weighted by Crippen LogP contribution is -2.38. The van der Waals surface area contributed by atoms with Crippen LogP contribution in [0, 0.1) is 5.92 Å². The number of nitrogens with one attached hydrogen (secondary N) is 1. The first-order chi connectivity index (χ1) is 9.61. The first kappa shape index (κ1) is 16.1. The highest BCUT2D eigenvalue weighted by atomic mass is 35.5. The molecule has 1 N–H and O–H groups in total. The number of rotatable bonds is 5. The molecule has 1 aromatic rings. The molecule has 20 heavy (non-hydrogen) atoms. The van der Waals surface area contributed by atoms with Gasteiger partial charge in [0.2, 0.25) is 0 Å². The first-order valence-corrected chi connectivity index (χ1v) is 8.27. The summed E-state index contributed by atoms with van der Waals surface area (Å²) in [6, 6.07) is 6.18. The van der Waals surface area contributed by atoms with Gasteiger partial charge in [-0.2, -0.15) is 0 Å². The van der Waals surface area contributed by atoms with Gasteiger partial charge in [-0.1, -0.05) is 36.2 Å². The van der Waals surface area contributed by atoms with Gasteiger partial charge in [0.25, 0.3) is 0 Å². The summed E-state index contributed by atoms with van der Waals surface area (Å²) in [7, 11) is 0. The van der Waals surface area contributed by atoms with Gasteiger partial charge in [0.1, 0.15) is 0 Å². The lowest BCUT2D eigenvalue weighted by atomic mass is 9.94.